The molecule has 2 heterocycles. The Labute approximate surface area is 126 Å². The molecule has 0 aliphatic heterocycles. The molecule has 0 bridgehead atoms. The van der Waals surface area contributed by atoms with Gasteiger partial charge in [-0.1, -0.05) is 6.92 Å². The summed E-state index contributed by atoms with van der Waals surface area (Å²) in [7, 11) is 1.64. The number of ether oxygens (including phenoxy) is 1. The lowest BCUT2D eigenvalue weighted by molar-refractivity contribution is 0.415. The van der Waals surface area contributed by atoms with E-state index in [-0.39, 0.29) is 0 Å². The number of hydrogen-bond donors (Lipinski definition) is 2. The molecule has 108 valence electrons. The molecule has 1 aromatic carbocycles. The second-order valence-electron chi connectivity index (χ2n) is 4.55. The van der Waals surface area contributed by atoms with E-state index in [2.05, 4.69) is 28.4 Å². The molecule has 3 aromatic rings. The molecule has 0 atom stereocenters. The van der Waals surface area contributed by atoms with Gasteiger partial charge in [0.1, 0.15) is 10.6 Å². The normalized spacial score (nSPS) is 10.8. The first kappa shape index (κ1) is 13.8. The number of nitrogens with two attached hydrogens (primary N) is 1. The van der Waals surface area contributed by atoms with E-state index >= 15 is 0 Å². The van der Waals surface area contributed by atoms with Crippen LogP contribution in [-0.2, 0) is 6.42 Å². The van der Waals surface area contributed by atoms with Crippen molar-refractivity contribution >= 4 is 27.4 Å². The quantitative estimate of drug-likeness (QED) is 0.572. The first-order chi connectivity index (χ1) is 10.2. The Balaban J connectivity index is 2.13. The smallest absolute Gasteiger partial charge is 0.163 e. The molecule has 0 aliphatic carbocycles. The molecule has 0 fully saturated rings. The second kappa shape index (κ2) is 5.67. The average molecular weight is 300 g/mol. The Morgan fingerprint density at radius 1 is 1.24 bits per heavy atom. The first-order valence-electron chi connectivity index (χ1n) is 6.66. The zero-order chi connectivity index (χ0) is 14.8. The number of nitrogens with zero attached hydrogens (tertiary/aromatic N) is 2. The number of aryl methyl sites for hydroxylation is 1. The molecule has 0 spiro atoms. The summed E-state index contributed by atoms with van der Waals surface area (Å²) < 4.78 is 5.17. The van der Waals surface area contributed by atoms with Crippen LogP contribution in [0.4, 0.5) is 5.82 Å². The van der Waals surface area contributed by atoms with E-state index in [1.54, 1.807) is 18.4 Å². The van der Waals surface area contributed by atoms with Gasteiger partial charge in [0.15, 0.2) is 11.6 Å². The first-order valence-corrected chi connectivity index (χ1v) is 7.48. The van der Waals surface area contributed by atoms with Crippen LogP contribution >= 0.6 is 11.3 Å². The molecular weight excluding hydrogens is 284 g/mol. The van der Waals surface area contributed by atoms with Crippen LogP contribution in [0.1, 0.15) is 11.8 Å². The van der Waals surface area contributed by atoms with Gasteiger partial charge in [0, 0.05) is 10.4 Å². The topological polar surface area (TPSA) is 73.1 Å². The SMILES string of the molecule is CCc1cc2c(NN)nc(-c3ccc(OC)cc3)nc2s1. The number of fused-ring (bicyclic) bond motifs is 1. The third-order valence-electron chi connectivity index (χ3n) is 3.28. The van der Waals surface area contributed by atoms with Crippen molar-refractivity contribution in [1.29, 1.82) is 0 Å². The largest absolute Gasteiger partial charge is 0.497 e. The van der Waals surface area contributed by atoms with Gasteiger partial charge < -0.3 is 10.2 Å². The van der Waals surface area contributed by atoms with Crippen LogP contribution in [0.3, 0.4) is 0 Å². The van der Waals surface area contributed by atoms with Gasteiger partial charge in [0.05, 0.1) is 12.5 Å². The molecule has 0 radical (unpaired) electrons. The number of hydrazine groups is 1. The van der Waals surface area contributed by atoms with E-state index in [1.165, 1.54) is 4.88 Å². The minimum Gasteiger partial charge on any atom is -0.497 e. The van der Waals surface area contributed by atoms with E-state index in [0.717, 1.165) is 28.0 Å². The molecule has 2 aromatic heterocycles. The highest BCUT2D eigenvalue weighted by Crippen LogP contribution is 2.31. The van der Waals surface area contributed by atoms with Crippen molar-refractivity contribution < 1.29 is 4.74 Å². The van der Waals surface area contributed by atoms with Gasteiger partial charge in [-0.05, 0) is 36.8 Å². The number of rotatable bonds is 4. The summed E-state index contributed by atoms with van der Waals surface area (Å²) in [5.74, 6) is 7.72. The summed E-state index contributed by atoms with van der Waals surface area (Å²) in [5.41, 5.74) is 3.60. The van der Waals surface area contributed by atoms with E-state index in [0.29, 0.717) is 11.6 Å². The molecule has 0 saturated carbocycles. The van der Waals surface area contributed by atoms with E-state index in [9.17, 15) is 0 Å². The van der Waals surface area contributed by atoms with Crippen LogP contribution in [0.15, 0.2) is 30.3 Å². The second-order valence-corrected chi connectivity index (χ2v) is 5.67. The lowest BCUT2D eigenvalue weighted by atomic mass is 10.2. The predicted molar refractivity (Wildman–Crippen MR) is 86.6 cm³/mol. The number of thiophene rings is 1. The number of nitrogen functional groups attached to an aromatic ring is 1. The van der Waals surface area contributed by atoms with Crippen LogP contribution in [0.5, 0.6) is 5.75 Å². The van der Waals surface area contributed by atoms with Crippen LogP contribution in [0, 0.1) is 0 Å². The zero-order valence-electron chi connectivity index (χ0n) is 11.9. The Morgan fingerprint density at radius 2 is 2.00 bits per heavy atom. The lowest BCUT2D eigenvalue weighted by Gasteiger charge is -2.06. The molecule has 0 saturated heterocycles. The van der Waals surface area contributed by atoms with Crippen molar-refractivity contribution in [2.75, 3.05) is 12.5 Å². The number of hydrogen-bond acceptors (Lipinski definition) is 6. The summed E-state index contributed by atoms with van der Waals surface area (Å²) in [4.78, 5) is 11.4. The van der Waals surface area contributed by atoms with Crippen molar-refractivity contribution in [3.63, 3.8) is 0 Å². The van der Waals surface area contributed by atoms with Crippen LogP contribution in [-0.4, -0.2) is 17.1 Å². The van der Waals surface area contributed by atoms with Crippen LogP contribution in [0.25, 0.3) is 21.6 Å². The van der Waals surface area contributed by atoms with Crippen LogP contribution in [0.2, 0.25) is 0 Å². The summed E-state index contributed by atoms with van der Waals surface area (Å²) in [6.45, 7) is 2.12. The van der Waals surface area contributed by atoms with Crippen LogP contribution < -0.4 is 16.0 Å². The number of methoxy groups -OCH3 is 1. The third kappa shape index (κ3) is 2.55. The van der Waals surface area contributed by atoms with Crippen molar-refractivity contribution in [2.24, 2.45) is 5.84 Å². The number of benzene rings is 1. The minimum absolute atomic E-state index is 0.654. The molecule has 5 nitrogen and oxygen atoms in total. The summed E-state index contributed by atoms with van der Waals surface area (Å²) >= 11 is 1.67. The van der Waals surface area contributed by atoms with Gasteiger partial charge in [0.25, 0.3) is 0 Å². The monoisotopic (exact) mass is 300 g/mol. The van der Waals surface area contributed by atoms with Gasteiger partial charge in [-0.15, -0.1) is 11.3 Å². The number of aromatic nitrogens is 2. The van der Waals surface area contributed by atoms with E-state index in [4.69, 9.17) is 10.6 Å². The highest BCUT2D eigenvalue weighted by Gasteiger charge is 2.12. The van der Waals surface area contributed by atoms with Crippen molar-refractivity contribution in [3.8, 4) is 17.1 Å². The fraction of sp³-hybridized carbons (Fsp3) is 0.200. The Bertz CT molecular complexity index is 767. The highest BCUT2D eigenvalue weighted by molar-refractivity contribution is 7.18. The molecule has 0 amide bonds. The fourth-order valence-electron chi connectivity index (χ4n) is 2.12. The molecule has 21 heavy (non-hydrogen) atoms. The van der Waals surface area contributed by atoms with Gasteiger partial charge in [-0.3, -0.25) is 0 Å². The number of anilines is 1. The zero-order valence-corrected chi connectivity index (χ0v) is 12.7. The van der Waals surface area contributed by atoms with Gasteiger partial charge >= 0.3 is 0 Å². The van der Waals surface area contributed by atoms with E-state index < -0.39 is 0 Å². The molecule has 3 N–H and O–H groups in total. The fourth-order valence-corrected chi connectivity index (χ4v) is 3.09. The lowest BCUT2D eigenvalue weighted by Crippen LogP contribution is -2.09. The molecule has 0 aliphatic rings. The molecule has 6 heteroatoms. The van der Waals surface area contributed by atoms with E-state index in [1.807, 2.05) is 24.3 Å². The number of nitrogens with one attached hydrogen (secondary N) is 1. The van der Waals surface area contributed by atoms with Crippen molar-refractivity contribution in [2.45, 2.75) is 13.3 Å². The minimum atomic E-state index is 0.654. The maximum absolute atomic E-state index is 5.60. The Kier molecular flexibility index (Phi) is 3.72. The summed E-state index contributed by atoms with van der Waals surface area (Å²) in [5, 5.41) is 0.969. The molecule has 0 unspecified atom stereocenters. The maximum Gasteiger partial charge on any atom is 0.163 e. The molecule has 3 rings (SSSR count). The average Bonchev–Trinajstić information content (AvgIpc) is 2.97. The van der Waals surface area contributed by atoms with Gasteiger partial charge in [0.2, 0.25) is 0 Å². The predicted octanol–water partition coefficient (Wildman–Crippen LogP) is 3.21. The Hall–Kier alpha value is -2.18. The van der Waals surface area contributed by atoms with Gasteiger partial charge in [-0.25, -0.2) is 15.8 Å². The maximum atomic E-state index is 5.60. The van der Waals surface area contributed by atoms with Gasteiger partial charge in [-0.2, -0.15) is 0 Å². The highest BCUT2D eigenvalue weighted by atomic mass is 32.1. The van der Waals surface area contributed by atoms with Crippen molar-refractivity contribution in [3.05, 3.63) is 35.2 Å². The third-order valence-corrected chi connectivity index (χ3v) is 4.45. The summed E-state index contributed by atoms with van der Waals surface area (Å²) in [6, 6.07) is 9.75. The van der Waals surface area contributed by atoms with Crippen molar-refractivity contribution in [1.82, 2.24) is 9.97 Å². The Morgan fingerprint density at radius 3 is 2.62 bits per heavy atom. The summed E-state index contributed by atoms with van der Waals surface area (Å²) in [6.07, 6.45) is 0.975. The molecular formula is C15H16N4OS. The standard InChI is InChI=1S/C15H16N4OS/c1-3-11-8-12-14(19-16)17-13(18-15(12)21-11)9-4-6-10(20-2)7-5-9/h4-8H,3,16H2,1-2H3,(H,17,18,19).